The van der Waals surface area contributed by atoms with E-state index in [0.29, 0.717) is 12.2 Å². The summed E-state index contributed by atoms with van der Waals surface area (Å²) >= 11 is 3.33. The first kappa shape index (κ1) is 15.0. The Morgan fingerprint density at radius 3 is 2.83 bits per heavy atom. The van der Waals surface area contributed by atoms with Crippen molar-refractivity contribution in [1.82, 2.24) is 5.32 Å². The summed E-state index contributed by atoms with van der Waals surface area (Å²) in [6.07, 6.45) is 0.659. The highest BCUT2D eigenvalue weighted by molar-refractivity contribution is 9.10. The number of rotatable bonds is 6. The Morgan fingerprint density at radius 1 is 1.56 bits per heavy atom. The van der Waals surface area contributed by atoms with Crippen LogP contribution in [0.4, 0.5) is 0 Å². The number of ether oxygens (including phenoxy) is 1. The van der Waals surface area contributed by atoms with Gasteiger partial charge < -0.3 is 15.2 Å². The number of hydrogen-bond acceptors (Lipinski definition) is 3. The van der Waals surface area contributed by atoms with Gasteiger partial charge in [0.2, 0.25) is 0 Å². The summed E-state index contributed by atoms with van der Waals surface area (Å²) in [4.78, 5) is 11.7. The number of carbonyl (C=O) groups excluding carboxylic acids is 1. The van der Waals surface area contributed by atoms with Gasteiger partial charge in [0.05, 0.1) is 12.1 Å². The fraction of sp³-hybridized carbons (Fsp3) is 0.462. The van der Waals surface area contributed by atoms with E-state index in [4.69, 9.17) is 4.74 Å². The van der Waals surface area contributed by atoms with E-state index in [1.165, 1.54) is 0 Å². The number of aliphatic hydroxyl groups is 1. The summed E-state index contributed by atoms with van der Waals surface area (Å²) in [5.74, 6) is 0.384. The van der Waals surface area contributed by atoms with Crippen LogP contribution in [-0.2, 0) is 4.79 Å². The monoisotopic (exact) mass is 315 g/mol. The number of benzene rings is 1. The molecule has 0 aromatic heterocycles. The second-order valence-corrected chi connectivity index (χ2v) is 5.28. The standard InChI is InChI=1S/C13H18BrNO3/c1-3-13(2,9-16)15-12(17)8-18-11-6-4-5-10(14)7-11/h4-7,16H,3,8-9H2,1-2H3,(H,15,17). The minimum Gasteiger partial charge on any atom is -0.484 e. The van der Waals surface area contributed by atoms with E-state index in [0.717, 1.165) is 4.47 Å². The highest BCUT2D eigenvalue weighted by Crippen LogP contribution is 2.17. The summed E-state index contributed by atoms with van der Waals surface area (Å²) in [5.41, 5.74) is -0.586. The molecule has 0 spiro atoms. The van der Waals surface area contributed by atoms with Gasteiger partial charge in [-0.3, -0.25) is 4.79 Å². The first-order chi connectivity index (χ1) is 8.49. The number of carbonyl (C=O) groups is 1. The van der Waals surface area contributed by atoms with Crippen LogP contribution in [0.3, 0.4) is 0 Å². The Bertz CT molecular complexity index is 405. The van der Waals surface area contributed by atoms with Crippen LogP contribution in [-0.4, -0.2) is 29.8 Å². The van der Waals surface area contributed by atoms with Gasteiger partial charge >= 0.3 is 0 Å². The Kier molecular flexibility index (Phi) is 5.62. The van der Waals surface area contributed by atoms with Crippen molar-refractivity contribution >= 4 is 21.8 Å². The number of nitrogens with one attached hydrogen (secondary N) is 1. The molecule has 0 aliphatic carbocycles. The van der Waals surface area contributed by atoms with E-state index in [1.54, 1.807) is 19.1 Å². The summed E-state index contributed by atoms with van der Waals surface area (Å²) < 4.78 is 6.26. The largest absolute Gasteiger partial charge is 0.484 e. The molecule has 0 saturated carbocycles. The van der Waals surface area contributed by atoms with Crippen LogP contribution in [0.1, 0.15) is 20.3 Å². The predicted molar refractivity (Wildman–Crippen MR) is 73.6 cm³/mol. The Labute approximate surface area is 115 Å². The zero-order valence-corrected chi connectivity index (χ0v) is 12.2. The first-order valence-corrected chi connectivity index (χ1v) is 6.58. The maximum Gasteiger partial charge on any atom is 0.258 e. The maximum atomic E-state index is 11.7. The van der Waals surface area contributed by atoms with Gasteiger partial charge in [0.15, 0.2) is 6.61 Å². The zero-order valence-electron chi connectivity index (χ0n) is 10.6. The first-order valence-electron chi connectivity index (χ1n) is 5.79. The van der Waals surface area contributed by atoms with E-state index in [-0.39, 0.29) is 19.1 Å². The molecule has 1 aromatic rings. The van der Waals surface area contributed by atoms with E-state index < -0.39 is 5.54 Å². The van der Waals surface area contributed by atoms with Crippen molar-refractivity contribution in [3.05, 3.63) is 28.7 Å². The van der Waals surface area contributed by atoms with Crippen LogP contribution >= 0.6 is 15.9 Å². The van der Waals surface area contributed by atoms with E-state index in [2.05, 4.69) is 21.2 Å². The fourth-order valence-corrected chi connectivity index (χ4v) is 1.70. The molecule has 0 bridgehead atoms. The van der Waals surface area contributed by atoms with E-state index in [1.807, 2.05) is 19.1 Å². The molecule has 1 unspecified atom stereocenters. The lowest BCUT2D eigenvalue weighted by atomic mass is 10.0. The molecular formula is C13H18BrNO3. The molecule has 5 heteroatoms. The minimum atomic E-state index is -0.586. The van der Waals surface area contributed by atoms with E-state index >= 15 is 0 Å². The molecular weight excluding hydrogens is 298 g/mol. The van der Waals surface area contributed by atoms with Gasteiger partial charge in [0.1, 0.15) is 5.75 Å². The highest BCUT2D eigenvalue weighted by Gasteiger charge is 2.23. The SMILES string of the molecule is CCC(C)(CO)NC(=O)COc1cccc(Br)c1. The van der Waals surface area contributed by atoms with Crippen molar-refractivity contribution in [3.8, 4) is 5.75 Å². The molecule has 1 amide bonds. The highest BCUT2D eigenvalue weighted by atomic mass is 79.9. The molecule has 100 valence electrons. The number of hydrogen-bond donors (Lipinski definition) is 2. The molecule has 2 N–H and O–H groups in total. The lowest BCUT2D eigenvalue weighted by Gasteiger charge is -2.27. The second kappa shape index (κ2) is 6.75. The fourth-order valence-electron chi connectivity index (χ4n) is 1.32. The molecule has 1 atom stereocenters. The van der Waals surface area contributed by atoms with Crippen LogP contribution < -0.4 is 10.1 Å². The van der Waals surface area contributed by atoms with Gasteiger partial charge in [0.25, 0.3) is 5.91 Å². The predicted octanol–water partition coefficient (Wildman–Crippen LogP) is 2.11. The molecule has 0 heterocycles. The Hall–Kier alpha value is -1.07. The molecule has 0 saturated heterocycles. The molecule has 0 fully saturated rings. The van der Waals surface area contributed by atoms with Crippen molar-refractivity contribution in [1.29, 1.82) is 0 Å². The molecule has 4 nitrogen and oxygen atoms in total. The molecule has 1 aromatic carbocycles. The van der Waals surface area contributed by atoms with E-state index in [9.17, 15) is 9.90 Å². The Balaban J connectivity index is 2.47. The summed E-state index contributed by atoms with van der Waals surface area (Å²) in [7, 11) is 0. The van der Waals surface area contributed by atoms with Crippen molar-refractivity contribution in [2.24, 2.45) is 0 Å². The minimum absolute atomic E-state index is 0.0634. The molecule has 0 radical (unpaired) electrons. The number of aliphatic hydroxyl groups excluding tert-OH is 1. The normalized spacial score (nSPS) is 13.8. The van der Waals surface area contributed by atoms with Crippen molar-refractivity contribution in [2.45, 2.75) is 25.8 Å². The smallest absolute Gasteiger partial charge is 0.258 e. The maximum absolute atomic E-state index is 11.7. The van der Waals surface area contributed by atoms with Gasteiger partial charge in [-0.2, -0.15) is 0 Å². The third kappa shape index (κ3) is 4.66. The van der Waals surface area contributed by atoms with Gasteiger partial charge in [-0.25, -0.2) is 0 Å². The average molecular weight is 316 g/mol. The van der Waals surface area contributed by atoms with Crippen LogP contribution in [0.2, 0.25) is 0 Å². The van der Waals surface area contributed by atoms with Gasteiger partial charge in [-0.15, -0.1) is 0 Å². The third-order valence-electron chi connectivity index (χ3n) is 2.74. The molecule has 0 aliphatic heterocycles. The zero-order chi connectivity index (χ0) is 13.6. The van der Waals surface area contributed by atoms with Crippen LogP contribution in [0.5, 0.6) is 5.75 Å². The third-order valence-corrected chi connectivity index (χ3v) is 3.23. The van der Waals surface area contributed by atoms with Gasteiger partial charge in [-0.05, 0) is 31.5 Å². The molecule has 1 rings (SSSR count). The average Bonchev–Trinajstić information content (AvgIpc) is 2.36. The second-order valence-electron chi connectivity index (χ2n) is 4.37. The summed E-state index contributed by atoms with van der Waals surface area (Å²) in [6.45, 7) is 3.55. The van der Waals surface area contributed by atoms with Crippen LogP contribution in [0.15, 0.2) is 28.7 Å². The number of amides is 1. The summed E-state index contributed by atoms with van der Waals surface area (Å²) in [5, 5.41) is 11.9. The topological polar surface area (TPSA) is 58.6 Å². The van der Waals surface area contributed by atoms with Crippen LogP contribution in [0.25, 0.3) is 0 Å². The van der Waals surface area contributed by atoms with Gasteiger partial charge in [0, 0.05) is 4.47 Å². The van der Waals surface area contributed by atoms with Gasteiger partial charge in [-0.1, -0.05) is 28.9 Å². The van der Waals surface area contributed by atoms with Crippen LogP contribution in [0, 0.1) is 0 Å². The lowest BCUT2D eigenvalue weighted by Crippen LogP contribution is -2.49. The molecule has 18 heavy (non-hydrogen) atoms. The molecule has 0 aliphatic rings. The van der Waals surface area contributed by atoms with Crippen molar-refractivity contribution in [3.63, 3.8) is 0 Å². The summed E-state index contributed by atoms with van der Waals surface area (Å²) in [6, 6.07) is 7.29. The Morgan fingerprint density at radius 2 is 2.28 bits per heavy atom. The van der Waals surface area contributed by atoms with Crippen molar-refractivity contribution < 1.29 is 14.6 Å². The quantitative estimate of drug-likeness (QED) is 0.845. The lowest BCUT2D eigenvalue weighted by molar-refractivity contribution is -0.125. The van der Waals surface area contributed by atoms with Crippen molar-refractivity contribution in [2.75, 3.05) is 13.2 Å². The number of halogens is 1.